The van der Waals surface area contributed by atoms with Crippen LogP contribution in [0.25, 0.3) is 0 Å². The first kappa shape index (κ1) is 20.2. The zero-order valence-electron chi connectivity index (χ0n) is 16.9. The molecular formula is C23H31N3O2. The molecule has 1 aliphatic rings. The molecule has 28 heavy (non-hydrogen) atoms. The van der Waals surface area contributed by atoms with Crippen LogP contribution in [0.4, 0.5) is 5.69 Å². The molecule has 5 heteroatoms. The molecule has 1 heterocycles. The monoisotopic (exact) mass is 381 g/mol. The van der Waals surface area contributed by atoms with E-state index < -0.39 is 0 Å². The van der Waals surface area contributed by atoms with Crippen LogP contribution in [0.3, 0.4) is 0 Å². The second kappa shape index (κ2) is 10.1. The summed E-state index contributed by atoms with van der Waals surface area (Å²) in [5.74, 6) is 1.38. The number of nitrogens with one attached hydrogen (secondary N) is 1. The zero-order valence-corrected chi connectivity index (χ0v) is 16.9. The van der Waals surface area contributed by atoms with Crippen LogP contribution < -0.4 is 15.0 Å². The number of para-hydroxylation sites is 2. The first-order chi connectivity index (χ1) is 13.7. The number of ether oxygens (including phenoxy) is 1. The Balaban J connectivity index is 1.45. The summed E-state index contributed by atoms with van der Waals surface area (Å²) in [4.78, 5) is 17.0. The Morgan fingerprint density at radius 3 is 2.39 bits per heavy atom. The molecular weight excluding hydrogens is 350 g/mol. The number of benzene rings is 2. The molecule has 0 saturated carbocycles. The molecule has 3 rings (SSSR count). The summed E-state index contributed by atoms with van der Waals surface area (Å²) in [5.41, 5.74) is 2.42. The van der Waals surface area contributed by atoms with Gasteiger partial charge in [0.2, 0.25) is 5.91 Å². The maximum absolute atomic E-state index is 12.4. The van der Waals surface area contributed by atoms with Gasteiger partial charge in [-0.1, -0.05) is 49.4 Å². The number of carbonyl (C=O) groups is 1. The van der Waals surface area contributed by atoms with Crippen molar-refractivity contribution >= 4 is 11.6 Å². The van der Waals surface area contributed by atoms with Gasteiger partial charge in [0.15, 0.2) is 0 Å². The third-order valence-electron chi connectivity index (χ3n) is 5.47. The minimum atomic E-state index is 0.111. The van der Waals surface area contributed by atoms with Gasteiger partial charge in [-0.2, -0.15) is 0 Å². The molecule has 0 bridgehead atoms. The largest absolute Gasteiger partial charge is 0.495 e. The Morgan fingerprint density at radius 1 is 1.04 bits per heavy atom. The summed E-state index contributed by atoms with van der Waals surface area (Å²) in [6, 6.07) is 18.5. The number of rotatable bonds is 8. The first-order valence-electron chi connectivity index (χ1n) is 10.1. The van der Waals surface area contributed by atoms with E-state index in [0.29, 0.717) is 19.0 Å². The van der Waals surface area contributed by atoms with Crippen LogP contribution in [-0.4, -0.2) is 57.2 Å². The fourth-order valence-corrected chi connectivity index (χ4v) is 3.76. The van der Waals surface area contributed by atoms with Gasteiger partial charge in [-0.15, -0.1) is 0 Å². The summed E-state index contributed by atoms with van der Waals surface area (Å²) in [7, 11) is 1.71. The van der Waals surface area contributed by atoms with Crippen molar-refractivity contribution in [3.8, 4) is 5.75 Å². The van der Waals surface area contributed by atoms with Crippen molar-refractivity contribution in [3.05, 3.63) is 60.2 Å². The molecule has 1 saturated heterocycles. The highest BCUT2D eigenvalue weighted by Gasteiger charge is 2.21. The fraction of sp³-hybridized carbons (Fsp3) is 0.435. The van der Waals surface area contributed by atoms with E-state index in [9.17, 15) is 4.79 Å². The number of piperazine rings is 1. The number of hydrogen-bond donors (Lipinski definition) is 1. The van der Waals surface area contributed by atoms with Crippen LogP contribution in [0.5, 0.6) is 5.75 Å². The van der Waals surface area contributed by atoms with Crippen LogP contribution in [0.15, 0.2) is 54.6 Å². The molecule has 0 spiro atoms. The van der Waals surface area contributed by atoms with E-state index in [1.54, 1.807) is 7.11 Å². The van der Waals surface area contributed by atoms with Crippen molar-refractivity contribution < 1.29 is 9.53 Å². The Labute approximate surface area is 168 Å². The summed E-state index contributed by atoms with van der Waals surface area (Å²) >= 11 is 0. The summed E-state index contributed by atoms with van der Waals surface area (Å²) in [6.45, 7) is 6.87. The van der Waals surface area contributed by atoms with E-state index in [0.717, 1.165) is 44.0 Å². The SMILES string of the molecule is CC[C@H](CNC(=O)CN1CCN(c2ccccc2OC)CC1)c1ccccc1. The third kappa shape index (κ3) is 5.26. The second-order valence-corrected chi connectivity index (χ2v) is 7.25. The summed E-state index contributed by atoms with van der Waals surface area (Å²) in [6.07, 6.45) is 1.02. The number of amides is 1. The van der Waals surface area contributed by atoms with Crippen molar-refractivity contribution in [2.45, 2.75) is 19.3 Å². The first-order valence-corrected chi connectivity index (χ1v) is 10.1. The number of anilines is 1. The highest BCUT2D eigenvalue weighted by atomic mass is 16.5. The Morgan fingerprint density at radius 2 is 1.71 bits per heavy atom. The molecule has 1 amide bonds. The minimum Gasteiger partial charge on any atom is -0.495 e. The van der Waals surface area contributed by atoms with Crippen LogP contribution in [-0.2, 0) is 4.79 Å². The normalized spacial score (nSPS) is 15.9. The Hall–Kier alpha value is -2.53. The summed E-state index contributed by atoms with van der Waals surface area (Å²) in [5, 5.41) is 3.13. The average molecular weight is 382 g/mol. The van der Waals surface area contributed by atoms with E-state index in [-0.39, 0.29) is 5.91 Å². The highest BCUT2D eigenvalue weighted by molar-refractivity contribution is 5.78. The zero-order chi connectivity index (χ0) is 19.8. The fourth-order valence-electron chi connectivity index (χ4n) is 3.76. The smallest absolute Gasteiger partial charge is 0.234 e. The highest BCUT2D eigenvalue weighted by Crippen LogP contribution is 2.28. The average Bonchev–Trinajstić information content (AvgIpc) is 2.75. The van der Waals surface area contributed by atoms with Crippen LogP contribution in [0, 0.1) is 0 Å². The van der Waals surface area contributed by atoms with E-state index >= 15 is 0 Å². The lowest BCUT2D eigenvalue weighted by atomic mass is 9.96. The lowest BCUT2D eigenvalue weighted by Gasteiger charge is -2.36. The topological polar surface area (TPSA) is 44.8 Å². The molecule has 1 aliphatic heterocycles. The standard InChI is InChI=1S/C23H31N3O2/c1-3-19(20-9-5-4-6-10-20)17-24-23(27)18-25-13-15-26(16-14-25)21-11-7-8-12-22(21)28-2/h4-12,19H,3,13-18H2,1-2H3,(H,24,27)/t19-/m1/s1. The van der Waals surface area contributed by atoms with E-state index in [1.807, 2.05) is 24.3 Å². The van der Waals surface area contributed by atoms with Gasteiger partial charge in [-0.3, -0.25) is 9.69 Å². The van der Waals surface area contributed by atoms with Crippen molar-refractivity contribution in [3.63, 3.8) is 0 Å². The number of carbonyl (C=O) groups excluding carboxylic acids is 1. The Bertz CT molecular complexity index is 743. The molecule has 2 aromatic carbocycles. The Kier molecular flexibility index (Phi) is 7.31. The number of methoxy groups -OCH3 is 1. The summed E-state index contributed by atoms with van der Waals surface area (Å²) < 4.78 is 5.47. The van der Waals surface area contributed by atoms with Gasteiger partial charge in [-0.05, 0) is 24.1 Å². The van der Waals surface area contributed by atoms with Crippen LogP contribution in [0.2, 0.25) is 0 Å². The molecule has 0 unspecified atom stereocenters. The minimum absolute atomic E-state index is 0.111. The molecule has 0 aliphatic carbocycles. The van der Waals surface area contributed by atoms with Crippen molar-refractivity contribution in [1.82, 2.24) is 10.2 Å². The van der Waals surface area contributed by atoms with E-state index in [2.05, 4.69) is 52.4 Å². The predicted molar refractivity (Wildman–Crippen MR) is 114 cm³/mol. The molecule has 0 radical (unpaired) electrons. The van der Waals surface area contributed by atoms with E-state index in [4.69, 9.17) is 4.74 Å². The van der Waals surface area contributed by atoms with Crippen molar-refractivity contribution in [1.29, 1.82) is 0 Å². The lowest BCUT2D eigenvalue weighted by Crippen LogP contribution is -2.49. The molecule has 0 aromatic heterocycles. The molecule has 150 valence electrons. The van der Waals surface area contributed by atoms with Crippen molar-refractivity contribution in [2.24, 2.45) is 0 Å². The predicted octanol–water partition coefficient (Wildman–Crippen LogP) is 3.13. The lowest BCUT2D eigenvalue weighted by molar-refractivity contribution is -0.122. The van der Waals surface area contributed by atoms with Gasteiger partial charge < -0.3 is 15.0 Å². The molecule has 1 N–H and O–H groups in total. The number of nitrogens with zero attached hydrogens (tertiary/aromatic N) is 2. The molecule has 5 nitrogen and oxygen atoms in total. The van der Waals surface area contributed by atoms with Gasteiger partial charge in [0.25, 0.3) is 0 Å². The van der Waals surface area contributed by atoms with Crippen molar-refractivity contribution in [2.75, 3.05) is 51.3 Å². The third-order valence-corrected chi connectivity index (χ3v) is 5.47. The molecule has 1 atom stereocenters. The quantitative estimate of drug-likeness (QED) is 0.763. The van der Waals surface area contributed by atoms with Crippen LogP contribution >= 0.6 is 0 Å². The van der Waals surface area contributed by atoms with Gasteiger partial charge >= 0.3 is 0 Å². The second-order valence-electron chi connectivity index (χ2n) is 7.25. The maximum Gasteiger partial charge on any atom is 0.234 e. The molecule has 2 aromatic rings. The van der Waals surface area contributed by atoms with Gasteiger partial charge in [-0.25, -0.2) is 0 Å². The van der Waals surface area contributed by atoms with Gasteiger partial charge in [0.1, 0.15) is 5.75 Å². The van der Waals surface area contributed by atoms with Gasteiger partial charge in [0.05, 0.1) is 19.3 Å². The molecule has 1 fully saturated rings. The van der Waals surface area contributed by atoms with E-state index in [1.165, 1.54) is 5.56 Å². The van der Waals surface area contributed by atoms with Crippen LogP contribution in [0.1, 0.15) is 24.8 Å². The van der Waals surface area contributed by atoms with Gasteiger partial charge in [0, 0.05) is 38.6 Å². The maximum atomic E-state index is 12.4. The number of hydrogen-bond acceptors (Lipinski definition) is 4.